The third-order valence-corrected chi connectivity index (χ3v) is 6.21. The maximum atomic E-state index is 11.8. The number of nitrogens with zero attached hydrogens (tertiary/aromatic N) is 4. The van der Waals surface area contributed by atoms with E-state index >= 15 is 0 Å². The first kappa shape index (κ1) is 17.2. The van der Waals surface area contributed by atoms with Gasteiger partial charge in [-0.25, -0.2) is 9.58 Å². The Balaban J connectivity index is 1.53. The highest BCUT2D eigenvalue weighted by atomic mass is 16.5. The lowest BCUT2D eigenvalue weighted by molar-refractivity contribution is -0.671. The number of hydrogen-bond donors (Lipinski definition) is 0. The molecule has 1 spiro atoms. The summed E-state index contributed by atoms with van der Waals surface area (Å²) in [4.78, 5) is 13.7. The Morgan fingerprint density at radius 3 is 2.61 bits per heavy atom. The number of likely N-dealkylation sites (tertiary alicyclic amines) is 1. The lowest BCUT2D eigenvalue weighted by atomic mass is 9.91. The highest BCUT2D eigenvalue weighted by Gasteiger charge is 2.52. The number of carbonyl (C=O) groups excluding carboxylic acids is 1. The van der Waals surface area contributed by atoms with Gasteiger partial charge >= 0.3 is 0 Å². The molecular weight excluding hydrogens is 352 g/mol. The molecule has 3 aliphatic rings. The second-order valence-electron chi connectivity index (χ2n) is 7.96. The Morgan fingerprint density at radius 1 is 1.18 bits per heavy atom. The van der Waals surface area contributed by atoms with Crippen LogP contribution in [0.15, 0.2) is 53.9 Å². The van der Waals surface area contributed by atoms with Crippen molar-refractivity contribution in [1.82, 2.24) is 9.91 Å². The van der Waals surface area contributed by atoms with E-state index in [4.69, 9.17) is 9.84 Å². The van der Waals surface area contributed by atoms with Gasteiger partial charge in [0, 0.05) is 62.5 Å². The minimum Gasteiger partial charge on any atom is -0.466 e. The number of aryl methyl sites for hydroxylation is 1. The van der Waals surface area contributed by atoms with Crippen molar-refractivity contribution in [3.63, 3.8) is 0 Å². The normalized spacial score (nSPS) is 22.4. The van der Waals surface area contributed by atoms with Gasteiger partial charge in [0.25, 0.3) is 0 Å². The van der Waals surface area contributed by atoms with Crippen molar-refractivity contribution >= 4 is 11.6 Å². The average Bonchev–Trinajstić information content (AvgIpc) is 3.16. The minimum atomic E-state index is -0.480. The molecule has 6 heteroatoms. The molecule has 5 rings (SSSR count). The summed E-state index contributed by atoms with van der Waals surface area (Å²) in [6, 6.07) is 12.7. The Kier molecular flexibility index (Phi) is 3.89. The van der Waals surface area contributed by atoms with Crippen LogP contribution in [-0.4, -0.2) is 40.3 Å². The van der Waals surface area contributed by atoms with Crippen LogP contribution in [0, 0.1) is 0 Å². The number of amides is 1. The molecule has 1 saturated heterocycles. The number of hydrogen-bond acceptors (Lipinski definition) is 4. The molecular formula is C22H25N4O2+. The molecule has 1 fully saturated rings. The quantitative estimate of drug-likeness (QED) is 0.717. The van der Waals surface area contributed by atoms with Gasteiger partial charge < -0.3 is 9.64 Å². The fourth-order valence-corrected chi connectivity index (χ4v) is 4.60. The lowest BCUT2D eigenvalue weighted by Gasteiger charge is -2.51. The molecule has 1 atom stereocenters. The number of piperidine rings is 1. The van der Waals surface area contributed by atoms with Crippen molar-refractivity contribution in [3.05, 3.63) is 59.9 Å². The van der Waals surface area contributed by atoms with E-state index in [2.05, 4.69) is 47.7 Å². The van der Waals surface area contributed by atoms with E-state index in [1.807, 2.05) is 22.6 Å². The van der Waals surface area contributed by atoms with Gasteiger partial charge in [-0.1, -0.05) is 18.2 Å². The second-order valence-corrected chi connectivity index (χ2v) is 7.96. The Bertz CT molecular complexity index is 945. The molecule has 0 saturated carbocycles. The number of para-hydroxylation sites is 1. The SMILES string of the molecule is CC(=O)N1CCC2(CC1)Oc1ccccc1C1CC(c3cc[n+](C)cc3)=NN12. The highest BCUT2D eigenvalue weighted by Crippen LogP contribution is 2.49. The average molecular weight is 377 g/mol. The summed E-state index contributed by atoms with van der Waals surface area (Å²) in [5.74, 6) is 1.08. The maximum absolute atomic E-state index is 11.8. The first-order chi connectivity index (χ1) is 13.6. The van der Waals surface area contributed by atoms with Gasteiger partial charge in [-0.2, -0.15) is 5.10 Å². The number of carbonyl (C=O) groups is 1. The first-order valence-electron chi connectivity index (χ1n) is 9.92. The smallest absolute Gasteiger partial charge is 0.219 e. The van der Waals surface area contributed by atoms with E-state index in [1.54, 1.807) is 6.92 Å². The van der Waals surface area contributed by atoms with Gasteiger partial charge in [0.05, 0.1) is 11.8 Å². The summed E-state index contributed by atoms with van der Waals surface area (Å²) in [6.45, 7) is 3.04. The number of pyridine rings is 1. The lowest BCUT2D eigenvalue weighted by Crippen LogP contribution is -2.59. The molecule has 1 aromatic heterocycles. The Labute approximate surface area is 165 Å². The molecule has 1 amide bonds. The molecule has 3 aliphatic heterocycles. The maximum Gasteiger partial charge on any atom is 0.219 e. The zero-order chi connectivity index (χ0) is 19.3. The van der Waals surface area contributed by atoms with Crippen LogP contribution < -0.4 is 9.30 Å². The largest absolute Gasteiger partial charge is 0.466 e. The number of rotatable bonds is 1. The second kappa shape index (κ2) is 6.33. The van der Waals surface area contributed by atoms with Crippen molar-refractivity contribution < 1.29 is 14.1 Å². The van der Waals surface area contributed by atoms with Crippen LogP contribution in [-0.2, 0) is 11.8 Å². The van der Waals surface area contributed by atoms with Gasteiger partial charge in [0.1, 0.15) is 12.8 Å². The fraction of sp³-hybridized carbons (Fsp3) is 0.409. The molecule has 4 heterocycles. The van der Waals surface area contributed by atoms with E-state index in [0.29, 0.717) is 13.1 Å². The molecule has 2 aromatic rings. The van der Waals surface area contributed by atoms with E-state index in [-0.39, 0.29) is 11.9 Å². The third kappa shape index (κ3) is 2.66. The molecule has 0 aliphatic carbocycles. The number of hydrazone groups is 1. The topological polar surface area (TPSA) is 49.0 Å². The predicted molar refractivity (Wildman–Crippen MR) is 105 cm³/mol. The summed E-state index contributed by atoms with van der Waals surface area (Å²) in [5.41, 5.74) is 2.97. The van der Waals surface area contributed by atoms with Crippen molar-refractivity contribution in [2.24, 2.45) is 12.1 Å². The van der Waals surface area contributed by atoms with Gasteiger partial charge in [0.2, 0.25) is 11.6 Å². The number of aromatic nitrogens is 1. The van der Waals surface area contributed by atoms with E-state index < -0.39 is 5.72 Å². The first-order valence-corrected chi connectivity index (χ1v) is 9.92. The van der Waals surface area contributed by atoms with Crippen LogP contribution in [0.2, 0.25) is 0 Å². The molecule has 144 valence electrons. The Morgan fingerprint density at radius 2 is 1.89 bits per heavy atom. The molecule has 0 radical (unpaired) electrons. The Hall–Kier alpha value is -2.89. The summed E-state index contributed by atoms with van der Waals surface area (Å²) >= 11 is 0. The van der Waals surface area contributed by atoms with Gasteiger partial charge in [-0.15, -0.1) is 0 Å². The zero-order valence-electron chi connectivity index (χ0n) is 16.3. The predicted octanol–water partition coefficient (Wildman–Crippen LogP) is 2.39. The zero-order valence-corrected chi connectivity index (χ0v) is 16.3. The highest BCUT2D eigenvalue weighted by molar-refractivity contribution is 6.01. The van der Waals surface area contributed by atoms with Crippen molar-refractivity contribution in [2.45, 2.75) is 38.0 Å². The van der Waals surface area contributed by atoms with Crippen LogP contribution in [0.3, 0.4) is 0 Å². The van der Waals surface area contributed by atoms with Gasteiger partial charge in [-0.05, 0) is 6.07 Å². The van der Waals surface area contributed by atoms with Crippen LogP contribution in [0.4, 0.5) is 0 Å². The molecule has 0 N–H and O–H groups in total. The van der Waals surface area contributed by atoms with E-state index in [9.17, 15) is 4.79 Å². The van der Waals surface area contributed by atoms with Crippen LogP contribution >= 0.6 is 0 Å². The van der Waals surface area contributed by atoms with E-state index in [0.717, 1.165) is 36.3 Å². The number of fused-ring (bicyclic) bond motifs is 4. The van der Waals surface area contributed by atoms with E-state index in [1.165, 1.54) is 5.56 Å². The molecule has 28 heavy (non-hydrogen) atoms. The van der Waals surface area contributed by atoms with Crippen molar-refractivity contribution in [2.75, 3.05) is 13.1 Å². The van der Waals surface area contributed by atoms with Crippen LogP contribution in [0.25, 0.3) is 0 Å². The number of ether oxygens (including phenoxy) is 1. The summed E-state index contributed by atoms with van der Waals surface area (Å²) in [5, 5.41) is 7.26. The van der Waals surface area contributed by atoms with Gasteiger partial charge in [0.15, 0.2) is 12.4 Å². The number of benzene rings is 1. The standard InChI is InChI=1S/C22H25N4O2/c1-16(27)25-13-9-22(10-14-25)26-20(18-5-3-4-6-21(18)28-22)15-19(23-26)17-7-11-24(2)12-8-17/h3-8,11-12,20H,9-10,13-15H2,1-2H3/q+1. The fourth-order valence-electron chi connectivity index (χ4n) is 4.60. The van der Waals surface area contributed by atoms with Gasteiger partial charge in [-0.3, -0.25) is 4.79 Å². The van der Waals surface area contributed by atoms with Crippen LogP contribution in [0.5, 0.6) is 5.75 Å². The summed E-state index contributed by atoms with van der Waals surface area (Å²) in [7, 11) is 2.02. The van der Waals surface area contributed by atoms with Crippen molar-refractivity contribution in [1.29, 1.82) is 0 Å². The monoisotopic (exact) mass is 377 g/mol. The van der Waals surface area contributed by atoms with Crippen LogP contribution in [0.1, 0.15) is 43.4 Å². The summed E-state index contributed by atoms with van der Waals surface area (Å²) < 4.78 is 8.61. The van der Waals surface area contributed by atoms with Crippen molar-refractivity contribution in [3.8, 4) is 5.75 Å². The molecule has 6 nitrogen and oxygen atoms in total. The minimum absolute atomic E-state index is 0.130. The molecule has 1 unspecified atom stereocenters. The molecule has 1 aromatic carbocycles. The molecule has 0 bridgehead atoms. The third-order valence-electron chi connectivity index (χ3n) is 6.21. The summed E-state index contributed by atoms with van der Waals surface area (Å²) in [6.07, 6.45) is 6.50.